The van der Waals surface area contributed by atoms with E-state index in [2.05, 4.69) is 21.8 Å². The molecule has 0 amide bonds. The van der Waals surface area contributed by atoms with Crippen molar-refractivity contribution in [1.29, 1.82) is 0 Å². The van der Waals surface area contributed by atoms with Crippen molar-refractivity contribution < 1.29 is 0 Å². The second-order valence-corrected chi connectivity index (χ2v) is 4.75. The summed E-state index contributed by atoms with van der Waals surface area (Å²) in [5, 5.41) is 0.286. The fraction of sp³-hybridized carbons (Fsp3) is 0.636. The zero-order valence-corrected chi connectivity index (χ0v) is 9.69. The van der Waals surface area contributed by atoms with Crippen LogP contribution in [0.15, 0.2) is 18.6 Å². The smallest absolute Gasteiger partial charge is 0.147 e. The molecule has 0 radical (unpaired) electrons. The number of alkyl halides is 1. The highest BCUT2D eigenvalue weighted by molar-refractivity contribution is 6.20. The van der Waals surface area contributed by atoms with Crippen LogP contribution in [-0.2, 0) is 0 Å². The van der Waals surface area contributed by atoms with Crippen molar-refractivity contribution in [2.45, 2.75) is 25.1 Å². The van der Waals surface area contributed by atoms with Crippen LogP contribution in [0.1, 0.15) is 19.8 Å². The van der Waals surface area contributed by atoms with Crippen molar-refractivity contribution in [3.05, 3.63) is 18.6 Å². The first-order chi connectivity index (χ1) is 7.27. The van der Waals surface area contributed by atoms with Crippen molar-refractivity contribution in [3.63, 3.8) is 0 Å². The Morgan fingerprint density at radius 3 is 2.67 bits per heavy atom. The predicted octanol–water partition coefficient (Wildman–Crippen LogP) is 2.32. The second-order valence-electron chi connectivity index (χ2n) is 4.07. The minimum Gasteiger partial charge on any atom is -0.355 e. The molecule has 1 fully saturated rings. The molecule has 0 N–H and O–H groups in total. The fourth-order valence-corrected chi connectivity index (χ4v) is 2.29. The molecule has 1 aliphatic heterocycles. The summed E-state index contributed by atoms with van der Waals surface area (Å²) in [4.78, 5) is 10.7. The van der Waals surface area contributed by atoms with E-state index in [-0.39, 0.29) is 5.38 Å². The lowest BCUT2D eigenvalue weighted by atomic mass is 9.94. The van der Waals surface area contributed by atoms with Gasteiger partial charge >= 0.3 is 0 Å². The Morgan fingerprint density at radius 2 is 2.13 bits per heavy atom. The Hall–Kier alpha value is -0.830. The van der Waals surface area contributed by atoms with Crippen LogP contribution in [0.25, 0.3) is 0 Å². The van der Waals surface area contributed by atoms with E-state index in [1.807, 2.05) is 6.20 Å². The van der Waals surface area contributed by atoms with Crippen molar-refractivity contribution in [3.8, 4) is 0 Å². The molecule has 1 aromatic rings. The summed E-state index contributed by atoms with van der Waals surface area (Å²) in [7, 11) is 0. The number of aromatic nitrogens is 2. The quantitative estimate of drug-likeness (QED) is 0.724. The monoisotopic (exact) mass is 225 g/mol. The molecule has 1 saturated heterocycles. The lowest BCUT2D eigenvalue weighted by Crippen LogP contribution is -2.36. The van der Waals surface area contributed by atoms with Crippen LogP contribution < -0.4 is 4.90 Å². The number of nitrogens with zero attached hydrogens (tertiary/aromatic N) is 3. The number of hydrogen-bond acceptors (Lipinski definition) is 3. The maximum atomic E-state index is 6.10. The lowest BCUT2D eigenvalue weighted by Gasteiger charge is -2.33. The number of rotatable bonds is 2. The summed E-state index contributed by atoms with van der Waals surface area (Å²) in [6, 6.07) is 0. The van der Waals surface area contributed by atoms with Gasteiger partial charge in [-0.25, -0.2) is 4.98 Å². The fourth-order valence-electron chi connectivity index (χ4n) is 2.04. The molecule has 2 rings (SSSR count). The molecule has 0 saturated carbocycles. The molecule has 4 heteroatoms. The number of hydrogen-bond donors (Lipinski definition) is 0. The minimum absolute atomic E-state index is 0.286. The van der Waals surface area contributed by atoms with Gasteiger partial charge in [0.2, 0.25) is 0 Å². The highest BCUT2D eigenvalue weighted by atomic mass is 35.5. The molecule has 1 unspecified atom stereocenters. The van der Waals surface area contributed by atoms with Gasteiger partial charge in [0.05, 0.1) is 6.20 Å². The van der Waals surface area contributed by atoms with E-state index in [1.54, 1.807) is 12.4 Å². The zero-order chi connectivity index (χ0) is 10.7. The van der Waals surface area contributed by atoms with Gasteiger partial charge in [-0.15, -0.1) is 11.6 Å². The van der Waals surface area contributed by atoms with Crippen molar-refractivity contribution in [2.75, 3.05) is 18.0 Å². The Morgan fingerprint density at radius 1 is 1.40 bits per heavy atom. The Balaban J connectivity index is 1.94. The molecule has 0 aromatic carbocycles. The summed E-state index contributed by atoms with van der Waals surface area (Å²) in [6.45, 7) is 4.17. The molecule has 0 bridgehead atoms. The summed E-state index contributed by atoms with van der Waals surface area (Å²) in [6.07, 6.45) is 7.58. The van der Waals surface area contributed by atoms with Gasteiger partial charge in [0.1, 0.15) is 5.82 Å². The topological polar surface area (TPSA) is 29.0 Å². The van der Waals surface area contributed by atoms with Crippen molar-refractivity contribution in [1.82, 2.24) is 9.97 Å². The number of halogens is 1. The molecule has 1 aliphatic rings. The highest BCUT2D eigenvalue weighted by Gasteiger charge is 2.23. The molecule has 3 nitrogen and oxygen atoms in total. The lowest BCUT2D eigenvalue weighted by molar-refractivity contribution is 0.398. The van der Waals surface area contributed by atoms with Gasteiger partial charge < -0.3 is 4.90 Å². The van der Waals surface area contributed by atoms with Crippen LogP contribution in [0.5, 0.6) is 0 Å². The van der Waals surface area contributed by atoms with Gasteiger partial charge in [-0.05, 0) is 25.7 Å². The third-order valence-corrected chi connectivity index (χ3v) is 3.42. The van der Waals surface area contributed by atoms with Crippen LogP contribution in [-0.4, -0.2) is 28.4 Å². The molecular weight excluding hydrogens is 210 g/mol. The summed E-state index contributed by atoms with van der Waals surface area (Å²) >= 11 is 6.10. The first-order valence-corrected chi connectivity index (χ1v) is 5.86. The van der Waals surface area contributed by atoms with Gasteiger partial charge in [-0.2, -0.15) is 0 Å². The van der Waals surface area contributed by atoms with E-state index in [9.17, 15) is 0 Å². The van der Waals surface area contributed by atoms with Gasteiger partial charge in [0.15, 0.2) is 0 Å². The zero-order valence-electron chi connectivity index (χ0n) is 8.93. The summed E-state index contributed by atoms with van der Waals surface area (Å²) < 4.78 is 0. The van der Waals surface area contributed by atoms with E-state index < -0.39 is 0 Å². The number of piperidine rings is 1. The SMILES string of the molecule is CC(Cl)C1CCN(c2cnccn2)CC1. The average molecular weight is 226 g/mol. The molecule has 15 heavy (non-hydrogen) atoms. The van der Waals surface area contributed by atoms with Gasteiger partial charge in [0.25, 0.3) is 0 Å². The first-order valence-electron chi connectivity index (χ1n) is 5.42. The second kappa shape index (κ2) is 4.79. The Labute approximate surface area is 95.5 Å². The molecular formula is C11H16ClN3. The van der Waals surface area contributed by atoms with Crippen LogP contribution in [0.4, 0.5) is 5.82 Å². The largest absolute Gasteiger partial charge is 0.355 e. The Bertz CT molecular complexity index is 294. The maximum Gasteiger partial charge on any atom is 0.147 e. The minimum atomic E-state index is 0.286. The molecule has 1 aromatic heterocycles. The van der Waals surface area contributed by atoms with Gasteiger partial charge in [0, 0.05) is 30.9 Å². The van der Waals surface area contributed by atoms with E-state index >= 15 is 0 Å². The standard InChI is InChI=1S/C11H16ClN3/c1-9(12)10-2-6-15(7-3-10)11-8-13-4-5-14-11/h4-5,8-10H,2-3,6-7H2,1H3. The first kappa shape index (κ1) is 10.7. The summed E-state index contributed by atoms with van der Waals surface area (Å²) in [5.41, 5.74) is 0. The average Bonchev–Trinajstić information content (AvgIpc) is 2.30. The number of anilines is 1. The molecule has 1 atom stereocenters. The molecule has 0 aliphatic carbocycles. The van der Waals surface area contributed by atoms with Crippen molar-refractivity contribution >= 4 is 17.4 Å². The molecule has 0 spiro atoms. The van der Waals surface area contributed by atoms with Gasteiger partial charge in [-0.3, -0.25) is 4.98 Å². The maximum absolute atomic E-state index is 6.10. The summed E-state index contributed by atoms with van der Waals surface area (Å²) in [5.74, 6) is 1.64. The van der Waals surface area contributed by atoms with E-state index in [4.69, 9.17) is 11.6 Å². The van der Waals surface area contributed by atoms with Crippen LogP contribution >= 0.6 is 11.6 Å². The van der Waals surface area contributed by atoms with E-state index in [0.29, 0.717) is 5.92 Å². The molecule has 82 valence electrons. The van der Waals surface area contributed by atoms with Gasteiger partial charge in [-0.1, -0.05) is 0 Å². The van der Waals surface area contributed by atoms with Crippen LogP contribution in [0.3, 0.4) is 0 Å². The third-order valence-electron chi connectivity index (χ3n) is 3.06. The third kappa shape index (κ3) is 2.59. The van der Waals surface area contributed by atoms with E-state index in [0.717, 1.165) is 31.7 Å². The normalized spacial score (nSPS) is 20.3. The molecule has 2 heterocycles. The van der Waals surface area contributed by atoms with Crippen LogP contribution in [0.2, 0.25) is 0 Å². The van der Waals surface area contributed by atoms with E-state index in [1.165, 1.54) is 0 Å². The highest BCUT2D eigenvalue weighted by Crippen LogP contribution is 2.25. The Kier molecular flexibility index (Phi) is 3.41. The van der Waals surface area contributed by atoms with Crippen molar-refractivity contribution in [2.24, 2.45) is 5.92 Å². The predicted molar refractivity (Wildman–Crippen MR) is 62.3 cm³/mol. The van der Waals surface area contributed by atoms with Crippen LogP contribution in [0, 0.1) is 5.92 Å².